The molecular formula is C14H16O4. The molecule has 1 aromatic carbocycles. The van der Waals surface area contributed by atoms with Gasteiger partial charge < -0.3 is 18.9 Å². The number of epoxide rings is 1. The van der Waals surface area contributed by atoms with E-state index in [0.29, 0.717) is 6.61 Å². The zero-order valence-electron chi connectivity index (χ0n) is 10.2. The van der Waals surface area contributed by atoms with Crippen molar-refractivity contribution in [1.82, 2.24) is 0 Å². The Morgan fingerprint density at radius 3 is 2.61 bits per heavy atom. The summed E-state index contributed by atoms with van der Waals surface area (Å²) >= 11 is 0. The lowest BCUT2D eigenvalue weighted by Gasteiger charge is -2.39. The van der Waals surface area contributed by atoms with Crippen LogP contribution in [0.15, 0.2) is 30.3 Å². The van der Waals surface area contributed by atoms with Crippen molar-refractivity contribution in [2.75, 3.05) is 6.61 Å². The van der Waals surface area contributed by atoms with E-state index in [1.165, 1.54) is 0 Å². The molecule has 4 nitrogen and oxygen atoms in total. The minimum Gasteiger partial charge on any atom is -0.367 e. The van der Waals surface area contributed by atoms with Crippen molar-refractivity contribution in [3.63, 3.8) is 0 Å². The molecule has 0 N–H and O–H groups in total. The molecule has 4 rings (SSSR count). The van der Waals surface area contributed by atoms with Crippen LogP contribution in [0, 0.1) is 0 Å². The summed E-state index contributed by atoms with van der Waals surface area (Å²) in [5, 5.41) is 0. The number of ether oxygens (including phenoxy) is 4. The van der Waals surface area contributed by atoms with Gasteiger partial charge in [-0.1, -0.05) is 30.3 Å². The van der Waals surface area contributed by atoms with Crippen molar-refractivity contribution in [3.8, 4) is 0 Å². The van der Waals surface area contributed by atoms with Gasteiger partial charge in [0.2, 0.25) is 0 Å². The molecule has 6 atom stereocenters. The lowest BCUT2D eigenvalue weighted by atomic mass is 10.0. The Hall–Kier alpha value is -0.940. The van der Waals surface area contributed by atoms with Crippen molar-refractivity contribution >= 4 is 0 Å². The number of hydrogen-bond acceptors (Lipinski definition) is 4. The zero-order valence-corrected chi connectivity index (χ0v) is 10.2. The molecule has 4 heteroatoms. The average molecular weight is 248 g/mol. The van der Waals surface area contributed by atoms with Crippen LogP contribution in [0.3, 0.4) is 0 Å². The molecule has 96 valence electrons. The van der Waals surface area contributed by atoms with Crippen LogP contribution in [0.25, 0.3) is 0 Å². The quantitative estimate of drug-likeness (QED) is 0.709. The monoisotopic (exact) mass is 248 g/mol. The summed E-state index contributed by atoms with van der Waals surface area (Å²) < 4.78 is 23.2. The second-order valence-corrected chi connectivity index (χ2v) is 5.12. The normalized spacial score (nSPS) is 46.1. The van der Waals surface area contributed by atoms with Crippen LogP contribution < -0.4 is 0 Å². The summed E-state index contributed by atoms with van der Waals surface area (Å²) in [4.78, 5) is 0. The standard InChI is InChI=1S/C14H16O4/c1-8-11-13(17-11)12-10(16-8)7-15-14(18-12)9-5-3-2-4-6-9/h2-6,8,10-14H,7H2,1H3/t8-,10-,11-,12?,13-,14-/m1/s1. The number of rotatable bonds is 1. The molecule has 0 amide bonds. The third kappa shape index (κ3) is 1.68. The average Bonchev–Trinajstić information content (AvgIpc) is 3.21. The van der Waals surface area contributed by atoms with Crippen molar-refractivity contribution in [1.29, 1.82) is 0 Å². The fourth-order valence-electron chi connectivity index (χ4n) is 2.87. The Labute approximate surface area is 106 Å². The summed E-state index contributed by atoms with van der Waals surface area (Å²) in [6.07, 6.45) is 0.259. The maximum atomic E-state index is 6.01. The first-order chi connectivity index (χ1) is 8.83. The molecule has 0 radical (unpaired) electrons. The number of benzene rings is 1. The topological polar surface area (TPSA) is 40.2 Å². The predicted molar refractivity (Wildman–Crippen MR) is 63.0 cm³/mol. The fourth-order valence-corrected chi connectivity index (χ4v) is 2.87. The van der Waals surface area contributed by atoms with Crippen LogP contribution in [-0.2, 0) is 18.9 Å². The minimum atomic E-state index is -0.297. The highest BCUT2D eigenvalue weighted by Gasteiger charge is 2.58. The first-order valence-corrected chi connectivity index (χ1v) is 6.46. The van der Waals surface area contributed by atoms with Gasteiger partial charge in [0.15, 0.2) is 6.29 Å². The molecule has 3 aliphatic rings. The second-order valence-electron chi connectivity index (χ2n) is 5.12. The fraction of sp³-hybridized carbons (Fsp3) is 0.571. The second kappa shape index (κ2) is 4.03. The van der Waals surface area contributed by atoms with Gasteiger partial charge in [-0.25, -0.2) is 0 Å². The van der Waals surface area contributed by atoms with E-state index >= 15 is 0 Å². The van der Waals surface area contributed by atoms with E-state index in [0.717, 1.165) is 5.56 Å². The Morgan fingerprint density at radius 1 is 0.944 bits per heavy atom. The molecule has 0 saturated carbocycles. The van der Waals surface area contributed by atoms with Gasteiger partial charge in [-0.05, 0) is 6.92 Å². The van der Waals surface area contributed by atoms with Crippen molar-refractivity contribution in [2.45, 2.75) is 43.7 Å². The van der Waals surface area contributed by atoms with Crippen LogP contribution in [-0.4, -0.2) is 37.1 Å². The Balaban J connectivity index is 1.52. The van der Waals surface area contributed by atoms with Crippen LogP contribution in [0.4, 0.5) is 0 Å². The Kier molecular flexibility index (Phi) is 2.45. The molecule has 3 fully saturated rings. The van der Waals surface area contributed by atoms with Crippen LogP contribution in [0.5, 0.6) is 0 Å². The molecule has 0 aromatic heterocycles. The molecule has 18 heavy (non-hydrogen) atoms. The van der Waals surface area contributed by atoms with E-state index < -0.39 is 0 Å². The molecule has 1 unspecified atom stereocenters. The van der Waals surface area contributed by atoms with Crippen LogP contribution >= 0.6 is 0 Å². The highest BCUT2D eigenvalue weighted by atomic mass is 16.7. The lowest BCUT2D eigenvalue weighted by molar-refractivity contribution is -0.280. The van der Waals surface area contributed by atoms with Gasteiger partial charge in [0, 0.05) is 5.56 Å². The molecule has 3 saturated heterocycles. The summed E-state index contributed by atoms with van der Waals surface area (Å²) in [7, 11) is 0. The first kappa shape index (κ1) is 10.9. The van der Waals surface area contributed by atoms with E-state index in [2.05, 4.69) is 0 Å². The first-order valence-electron chi connectivity index (χ1n) is 6.46. The van der Waals surface area contributed by atoms with Crippen LogP contribution in [0.2, 0.25) is 0 Å². The maximum absolute atomic E-state index is 6.01. The molecule has 0 aliphatic carbocycles. The zero-order chi connectivity index (χ0) is 12.1. The van der Waals surface area contributed by atoms with Crippen molar-refractivity contribution in [2.24, 2.45) is 0 Å². The SMILES string of the molecule is C[C@H]1O[C@@H]2CO[C@@H](c3ccccc3)OC2[C@@H]2O[C@H]12. The van der Waals surface area contributed by atoms with Gasteiger partial charge in [-0.15, -0.1) is 0 Å². The molecule has 3 aliphatic heterocycles. The summed E-state index contributed by atoms with van der Waals surface area (Å²) in [5.41, 5.74) is 1.05. The number of hydrogen-bond donors (Lipinski definition) is 0. The summed E-state index contributed by atoms with van der Waals surface area (Å²) in [5.74, 6) is 0. The van der Waals surface area contributed by atoms with Gasteiger partial charge in [-0.2, -0.15) is 0 Å². The van der Waals surface area contributed by atoms with E-state index in [1.807, 2.05) is 37.3 Å². The van der Waals surface area contributed by atoms with Gasteiger partial charge in [0.05, 0.1) is 12.7 Å². The van der Waals surface area contributed by atoms with Crippen molar-refractivity contribution in [3.05, 3.63) is 35.9 Å². The number of fused-ring (bicyclic) bond motifs is 3. The van der Waals surface area contributed by atoms with Gasteiger partial charge in [-0.3, -0.25) is 0 Å². The largest absolute Gasteiger partial charge is 0.367 e. The lowest BCUT2D eigenvalue weighted by Crippen LogP contribution is -2.51. The van der Waals surface area contributed by atoms with E-state index in [1.54, 1.807) is 0 Å². The van der Waals surface area contributed by atoms with Gasteiger partial charge in [0.1, 0.15) is 24.4 Å². The predicted octanol–water partition coefficient (Wildman–Crippen LogP) is 1.66. The van der Waals surface area contributed by atoms with Gasteiger partial charge >= 0.3 is 0 Å². The molecular weight excluding hydrogens is 232 g/mol. The van der Waals surface area contributed by atoms with E-state index in [4.69, 9.17) is 18.9 Å². The van der Waals surface area contributed by atoms with Crippen molar-refractivity contribution < 1.29 is 18.9 Å². The van der Waals surface area contributed by atoms with Gasteiger partial charge in [0.25, 0.3) is 0 Å². The molecule has 1 aromatic rings. The third-order valence-corrected chi connectivity index (χ3v) is 3.87. The smallest absolute Gasteiger partial charge is 0.184 e. The molecule has 0 spiro atoms. The van der Waals surface area contributed by atoms with E-state index in [9.17, 15) is 0 Å². The highest BCUT2D eigenvalue weighted by molar-refractivity contribution is 5.17. The Morgan fingerprint density at radius 2 is 1.78 bits per heavy atom. The molecule has 0 bridgehead atoms. The minimum absolute atomic E-state index is 0.00344. The maximum Gasteiger partial charge on any atom is 0.184 e. The molecule has 3 heterocycles. The third-order valence-electron chi connectivity index (χ3n) is 3.87. The summed E-state index contributed by atoms with van der Waals surface area (Å²) in [6.45, 7) is 2.62. The van der Waals surface area contributed by atoms with E-state index in [-0.39, 0.29) is 36.8 Å². The Bertz CT molecular complexity index is 435. The highest BCUT2D eigenvalue weighted by Crippen LogP contribution is 2.43. The van der Waals surface area contributed by atoms with Crippen LogP contribution in [0.1, 0.15) is 18.8 Å². The summed E-state index contributed by atoms with van der Waals surface area (Å²) in [6, 6.07) is 10.00.